The van der Waals surface area contributed by atoms with Crippen LogP contribution in [0.5, 0.6) is 5.75 Å². The normalized spacial score (nSPS) is 12.3. The molecule has 1 atom stereocenters. The molecule has 0 saturated heterocycles. The van der Waals surface area contributed by atoms with E-state index in [9.17, 15) is 0 Å². The zero-order valence-corrected chi connectivity index (χ0v) is 15.6. The molecule has 132 valence electrons. The first-order chi connectivity index (χ1) is 11.3. The van der Waals surface area contributed by atoms with Gasteiger partial charge in [-0.1, -0.05) is 77.0 Å². The van der Waals surface area contributed by atoms with E-state index in [0.717, 1.165) is 25.3 Å². The lowest BCUT2D eigenvalue weighted by Gasteiger charge is -2.18. The predicted molar refractivity (Wildman–Crippen MR) is 101 cm³/mol. The van der Waals surface area contributed by atoms with Crippen molar-refractivity contribution in [2.45, 2.75) is 84.6 Å². The van der Waals surface area contributed by atoms with Crippen molar-refractivity contribution >= 4 is 0 Å². The van der Waals surface area contributed by atoms with Crippen molar-refractivity contribution < 1.29 is 4.74 Å². The van der Waals surface area contributed by atoms with Gasteiger partial charge in [-0.2, -0.15) is 0 Å². The number of hydrogen-bond acceptors (Lipinski definition) is 2. The van der Waals surface area contributed by atoms with Gasteiger partial charge < -0.3 is 10.1 Å². The van der Waals surface area contributed by atoms with E-state index >= 15 is 0 Å². The van der Waals surface area contributed by atoms with Gasteiger partial charge in [0.1, 0.15) is 5.75 Å². The standard InChI is InChI=1S/C21H37NO/c1-4-6-8-10-14-18-23-21-16-12-11-15-20(21)19(3)22-17-13-9-7-5-2/h11-12,15-16,19,22H,4-10,13-14,17-18H2,1-3H3. The lowest BCUT2D eigenvalue weighted by atomic mass is 10.1. The smallest absolute Gasteiger partial charge is 0.124 e. The molecule has 2 heteroatoms. The van der Waals surface area contributed by atoms with Crippen molar-refractivity contribution in [2.24, 2.45) is 0 Å². The number of rotatable bonds is 14. The second-order valence-corrected chi connectivity index (χ2v) is 6.54. The Morgan fingerprint density at radius 1 is 0.870 bits per heavy atom. The van der Waals surface area contributed by atoms with Crippen molar-refractivity contribution in [1.29, 1.82) is 0 Å². The molecule has 0 aliphatic heterocycles. The molecular formula is C21H37NO. The molecular weight excluding hydrogens is 282 g/mol. The first kappa shape index (κ1) is 20.0. The third kappa shape index (κ3) is 9.00. The molecule has 23 heavy (non-hydrogen) atoms. The molecule has 0 radical (unpaired) electrons. The zero-order chi connectivity index (χ0) is 16.8. The minimum absolute atomic E-state index is 0.355. The maximum absolute atomic E-state index is 6.04. The lowest BCUT2D eigenvalue weighted by Crippen LogP contribution is -2.20. The summed E-state index contributed by atoms with van der Waals surface area (Å²) in [5.41, 5.74) is 1.29. The molecule has 0 spiro atoms. The van der Waals surface area contributed by atoms with E-state index in [1.54, 1.807) is 0 Å². The Labute approximate surface area is 144 Å². The van der Waals surface area contributed by atoms with Crippen LogP contribution in [0.15, 0.2) is 24.3 Å². The average Bonchev–Trinajstić information content (AvgIpc) is 2.58. The molecule has 0 aromatic heterocycles. The monoisotopic (exact) mass is 319 g/mol. The van der Waals surface area contributed by atoms with Gasteiger partial charge in [0, 0.05) is 11.6 Å². The Hall–Kier alpha value is -1.02. The van der Waals surface area contributed by atoms with Crippen LogP contribution in [0.3, 0.4) is 0 Å². The minimum atomic E-state index is 0.355. The van der Waals surface area contributed by atoms with Crippen LogP contribution >= 0.6 is 0 Å². The summed E-state index contributed by atoms with van der Waals surface area (Å²) in [7, 11) is 0. The van der Waals surface area contributed by atoms with Gasteiger partial charge >= 0.3 is 0 Å². The number of ether oxygens (including phenoxy) is 1. The summed E-state index contributed by atoms with van der Waals surface area (Å²) >= 11 is 0. The van der Waals surface area contributed by atoms with Gasteiger partial charge in [0.25, 0.3) is 0 Å². The molecule has 0 bridgehead atoms. The Balaban J connectivity index is 2.33. The maximum Gasteiger partial charge on any atom is 0.124 e. The summed E-state index contributed by atoms with van der Waals surface area (Å²) in [6.07, 6.45) is 11.6. The minimum Gasteiger partial charge on any atom is -0.493 e. The SMILES string of the molecule is CCCCCCCOc1ccccc1C(C)NCCCCCC. The van der Waals surface area contributed by atoms with Gasteiger partial charge in [-0.25, -0.2) is 0 Å². The average molecular weight is 320 g/mol. The Bertz CT molecular complexity index is 391. The van der Waals surface area contributed by atoms with Crippen LogP contribution in [0.2, 0.25) is 0 Å². The first-order valence-electron chi connectivity index (χ1n) is 9.74. The molecule has 1 aromatic carbocycles. The highest BCUT2D eigenvalue weighted by molar-refractivity contribution is 5.35. The van der Waals surface area contributed by atoms with E-state index < -0.39 is 0 Å². The summed E-state index contributed by atoms with van der Waals surface area (Å²) < 4.78 is 6.04. The molecule has 0 fully saturated rings. The molecule has 1 aromatic rings. The van der Waals surface area contributed by atoms with Gasteiger partial charge in [0.15, 0.2) is 0 Å². The molecule has 0 aliphatic rings. The van der Waals surface area contributed by atoms with Crippen molar-refractivity contribution in [2.75, 3.05) is 13.2 Å². The molecule has 0 saturated carbocycles. The number of unbranched alkanes of at least 4 members (excludes halogenated alkanes) is 7. The molecule has 1 rings (SSSR count). The van der Waals surface area contributed by atoms with Gasteiger partial charge in [-0.3, -0.25) is 0 Å². The van der Waals surface area contributed by atoms with E-state index in [-0.39, 0.29) is 0 Å². The lowest BCUT2D eigenvalue weighted by molar-refractivity contribution is 0.298. The summed E-state index contributed by atoms with van der Waals surface area (Å²) in [6.45, 7) is 8.68. The second-order valence-electron chi connectivity index (χ2n) is 6.54. The summed E-state index contributed by atoms with van der Waals surface area (Å²) in [4.78, 5) is 0. The van der Waals surface area contributed by atoms with Crippen LogP contribution in [0.25, 0.3) is 0 Å². The predicted octanol–water partition coefficient (Wildman–Crippen LogP) is 6.27. The fourth-order valence-electron chi connectivity index (χ4n) is 2.84. The summed E-state index contributed by atoms with van der Waals surface area (Å²) in [6, 6.07) is 8.84. The van der Waals surface area contributed by atoms with Crippen LogP contribution in [-0.2, 0) is 0 Å². The number of para-hydroxylation sites is 1. The Morgan fingerprint density at radius 3 is 2.26 bits per heavy atom. The fraction of sp³-hybridized carbons (Fsp3) is 0.714. The van der Waals surface area contributed by atoms with Crippen LogP contribution in [0.4, 0.5) is 0 Å². The Morgan fingerprint density at radius 2 is 1.52 bits per heavy atom. The van der Waals surface area contributed by atoms with Gasteiger partial charge in [0.2, 0.25) is 0 Å². The molecule has 0 amide bonds. The van der Waals surface area contributed by atoms with Gasteiger partial charge in [-0.05, 0) is 32.4 Å². The zero-order valence-electron chi connectivity index (χ0n) is 15.6. The van der Waals surface area contributed by atoms with E-state index in [1.807, 2.05) is 0 Å². The first-order valence-corrected chi connectivity index (χ1v) is 9.74. The van der Waals surface area contributed by atoms with E-state index in [1.165, 1.54) is 56.9 Å². The molecule has 2 nitrogen and oxygen atoms in total. The summed E-state index contributed by atoms with van der Waals surface area (Å²) in [5.74, 6) is 1.05. The third-order valence-corrected chi connectivity index (χ3v) is 4.37. The van der Waals surface area contributed by atoms with Crippen LogP contribution in [0.1, 0.15) is 90.2 Å². The molecule has 0 aliphatic carbocycles. The Kier molecular flexibility index (Phi) is 11.7. The second kappa shape index (κ2) is 13.4. The van der Waals surface area contributed by atoms with Crippen LogP contribution in [-0.4, -0.2) is 13.2 Å². The third-order valence-electron chi connectivity index (χ3n) is 4.37. The largest absolute Gasteiger partial charge is 0.493 e. The van der Waals surface area contributed by atoms with E-state index in [2.05, 4.69) is 50.4 Å². The highest BCUT2D eigenvalue weighted by Crippen LogP contribution is 2.25. The van der Waals surface area contributed by atoms with Crippen molar-refractivity contribution in [1.82, 2.24) is 5.32 Å². The number of nitrogens with one attached hydrogen (secondary N) is 1. The number of benzene rings is 1. The van der Waals surface area contributed by atoms with E-state index in [0.29, 0.717) is 6.04 Å². The number of hydrogen-bond donors (Lipinski definition) is 1. The highest BCUT2D eigenvalue weighted by Gasteiger charge is 2.10. The van der Waals surface area contributed by atoms with Crippen LogP contribution < -0.4 is 10.1 Å². The topological polar surface area (TPSA) is 21.3 Å². The van der Waals surface area contributed by atoms with Gasteiger partial charge in [0.05, 0.1) is 6.61 Å². The van der Waals surface area contributed by atoms with Crippen molar-refractivity contribution in [3.05, 3.63) is 29.8 Å². The van der Waals surface area contributed by atoms with Crippen molar-refractivity contribution in [3.63, 3.8) is 0 Å². The highest BCUT2D eigenvalue weighted by atomic mass is 16.5. The van der Waals surface area contributed by atoms with Gasteiger partial charge in [-0.15, -0.1) is 0 Å². The van der Waals surface area contributed by atoms with Crippen molar-refractivity contribution in [3.8, 4) is 5.75 Å². The maximum atomic E-state index is 6.04. The molecule has 0 heterocycles. The van der Waals surface area contributed by atoms with E-state index in [4.69, 9.17) is 4.74 Å². The summed E-state index contributed by atoms with van der Waals surface area (Å²) in [5, 5.41) is 3.64. The van der Waals surface area contributed by atoms with Crippen LogP contribution in [0, 0.1) is 0 Å². The molecule has 1 unspecified atom stereocenters. The fourth-order valence-corrected chi connectivity index (χ4v) is 2.84. The quantitative estimate of drug-likeness (QED) is 0.408. The molecule has 1 N–H and O–H groups in total.